The normalized spacial score (nSPS) is 11.4. The van der Waals surface area contributed by atoms with E-state index in [-0.39, 0.29) is 23.3 Å². The van der Waals surface area contributed by atoms with E-state index >= 15 is 0 Å². The van der Waals surface area contributed by atoms with Crippen LogP contribution in [0.5, 0.6) is 0 Å². The highest BCUT2D eigenvalue weighted by atomic mass is 19.1. The van der Waals surface area contributed by atoms with Crippen LogP contribution in [-0.4, -0.2) is 12.6 Å². The zero-order chi connectivity index (χ0) is 13.6. The topological polar surface area (TPSA) is 40.7 Å². The molecule has 0 saturated heterocycles. The van der Waals surface area contributed by atoms with Crippen LogP contribution < -0.4 is 0 Å². The van der Waals surface area contributed by atoms with Crippen LogP contribution in [0.1, 0.15) is 63.3 Å². The van der Waals surface area contributed by atoms with E-state index in [2.05, 4.69) is 0 Å². The van der Waals surface area contributed by atoms with Crippen molar-refractivity contribution in [3.05, 3.63) is 34.6 Å². The Kier molecular flexibility index (Phi) is 9.77. The maximum atomic E-state index is 13.6. The second-order valence-corrected chi connectivity index (χ2v) is 4.26. The van der Waals surface area contributed by atoms with Gasteiger partial charge in [-0.2, -0.15) is 0 Å². The summed E-state index contributed by atoms with van der Waals surface area (Å²) in [5.74, 6) is 0.0861. The molecule has 18 heavy (non-hydrogen) atoms. The highest BCUT2D eigenvalue weighted by molar-refractivity contribution is 5.35. The SMILES string of the molecule is CC.CO[C@@H](C)c1cc(C(C)C)c(F)cc1C.O. The Balaban J connectivity index is 0. The summed E-state index contributed by atoms with van der Waals surface area (Å²) >= 11 is 0. The van der Waals surface area contributed by atoms with Gasteiger partial charge in [0.1, 0.15) is 5.82 Å². The largest absolute Gasteiger partial charge is 0.412 e. The molecule has 1 aromatic carbocycles. The molecule has 1 rings (SSSR count). The molecule has 0 radical (unpaired) electrons. The van der Waals surface area contributed by atoms with Crippen LogP contribution in [0.2, 0.25) is 0 Å². The fraction of sp³-hybridized carbons (Fsp3) is 0.600. The van der Waals surface area contributed by atoms with Gasteiger partial charge in [0.15, 0.2) is 0 Å². The van der Waals surface area contributed by atoms with E-state index in [9.17, 15) is 4.39 Å². The van der Waals surface area contributed by atoms with Crippen molar-refractivity contribution in [2.24, 2.45) is 0 Å². The molecule has 0 spiro atoms. The first-order valence-electron chi connectivity index (χ1n) is 6.30. The quantitative estimate of drug-likeness (QED) is 0.802. The van der Waals surface area contributed by atoms with Gasteiger partial charge < -0.3 is 10.2 Å². The molecule has 0 aliphatic rings. The Bertz CT molecular complexity index is 349. The molecule has 3 heteroatoms. The van der Waals surface area contributed by atoms with Crippen molar-refractivity contribution in [2.75, 3.05) is 7.11 Å². The number of ether oxygens (including phenoxy) is 1. The van der Waals surface area contributed by atoms with Gasteiger partial charge in [0.05, 0.1) is 6.10 Å². The fourth-order valence-corrected chi connectivity index (χ4v) is 1.71. The highest BCUT2D eigenvalue weighted by Crippen LogP contribution is 2.27. The maximum absolute atomic E-state index is 13.6. The average molecular weight is 258 g/mol. The summed E-state index contributed by atoms with van der Waals surface area (Å²) in [5, 5.41) is 0. The van der Waals surface area contributed by atoms with Crippen molar-refractivity contribution in [2.45, 2.75) is 53.6 Å². The second kappa shape index (κ2) is 9.06. The van der Waals surface area contributed by atoms with Gasteiger partial charge >= 0.3 is 0 Å². The minimum absolute atomic E-state index is 0. The Morgan fingerprint density at radius 1 is 1.06 bits per heavy atom. The van der Waals surface area contributed by atoms with Crippen LogP contribution in [0.25, 0.3) is 0 Å². The number of hydrogen-bond acceptors (Lipinski definition) is 1. The molecule has 0 heterocycles. The zero-order valence-corrected chi connectivity index (χ0v) is 12.6. The molecule has 1 aromatic rings. The minimum atomic E-state index is -0.116. The summed E-state index contributed by atoms with van der Waals surface area (Å²) in [7, 11) is 1.67. The van der Waals surface area contributed by atoms with Crippen molar-refractivity contribution in [1.82, 2.24) is 0 Å². The molecular weight excluding hydrogens is 231 g/mol. The molecule has 2 N–H and O–H groups in total. The van der Waals surface area contributed by atoms with Gasteiger partial charge in [0, 0.05) is 7.11 Å². The van der Waals surface area contributed by atoms with E-state index in [0.29, 0.717) is 0 Å². The van der Waals surface area contributed by atoms with Gasteiger partial charge in [-0.05, 0) is 48.6 Å². The number of aryl methyl sites for hydroxylation is 1. The van der Waals surface area contributed by atoms with E-state index in [1.54, 1.807) is 13.2 Å². The van der Waals surface area contributed by atoms with Crippen molar-refractivity contribution in [1.29, 1.82) is 0 Å². The van der Waals surface area contributed by atoms with Crippen molar-refractivity contribution in [3.63, 3.8) is 0 Å². The smallest absolute Gasteiger partial charge is 0.126 e. The number of methoxy groups -OCH3 is 1. The summed E-state index contributed by atoms with van der Waals surface area (Å²) in [6.45, 7) is 11.9. The van der Waals surface area contributed by atoms with Crippen molar-refractivity contribution >= 4 is 0 Å². The molecule has 0 amide bonds. The Morgan fingerprint density at radius 3 is 1.94 bits per heavy atom. The summed E-state index contributed by atoms with van der Waals surface area (Å²) < 4.78 is 18.9. The lowest BCUT2D eigenvalue weighted by Crippen LogP contribution is -2.03. The third-order valence-electron chi connectivity index (χ3n) is 2.80. The zero-order valence-electron chi connectivity index (χ0n) is 12.6. The van der Waals surface area contributed by atoms with Gasteiger partial charge in [-0.25, -0.2) is 4.39 Å². The number of hydrogen-bond donors (Lipinski definition) is 0. The lowest BCUT2D eigenvalue weighted by atomic mass is 9.95. The monoisotopic (exact) mass is 258 g/mol. The van der Waals surface area contributed by atoms with Gasteiger partial charge in [-0.15, -0.1) is 0 Å². The predicted octanol–water partition coefficient (Wildman–Crippen LogP) is 4.17. The summed E-state index contributed by atoms with van der Waals surface area (Å²) in [6.07, 6.45) is 0.0168. The summed E-state index contributed by atoms with van der Waals surface area (Å²) in [5.41, 5.74) is 2.79. The highest BCUT2D eigenvalue weighted by Gasteiger charge is 2.13. The molecular formula is C15H27FO2. The molecule has 0 aliphatic carbocycles. The van der Waals surface area contributed by atoms with Crippen LogP contribution in [-0.2, 0) is 4.74 Å². The van der Waals surface area contributed by atoms with Crippen LogP contribution >= 0.6 is 0 Å². The van der Waals surface area contributed by atoms with Crippen LogP contribution in [0, 0.1) is 12.7 Å². The Hall–Kier alpha value is -0.930. The predicted molar refractivity (Wildman–Crippen MR) is 75.6 cm³/mol. The molecule has 0 aliphatic heterocycles. The summed E-state index contributed by atoms with van der Waals surface area (Å²) in [4.78, 5) is 0. The van der Waals surface area contributed by atoms with E-state index in [1.807, 2.05) is 47.6 Å². The van der Waals surface area contributed by atoms with Gasteiger partial charge in [0.2, 0.25) is 0 Å². The number of rotatable bonds is 3. The Morgan fingerprint density at radius 2 is 1.56 bits per heavy atom. The van der Waals surface area contributed by atoms with Crippen molar-refractivity contribution in [3.8, 4) is 0 Å². The van der Waals surface area contributed by atoms with Gasteiger partial charge in [0.25, 0.3) is 0 Å². The molecule has 0 aromatic heterocycles. The standard InChI is InChI=1S/C13H19FO.C2H6.H2O/c1-8(2)11-7-12(10(4)15-5)9(3)6-13(11)14;1-2;/h6-8,10H,1-5H3;1-2H3;1H2/t10-;;/m0../s1. The molecule has 0 unspecified atom stereocenters. The van der Waals surface area contributed by atoms with Gasteiger partial charge in [-0.3, -0.25) is 0 Å². The minimum Gasteiger partial charge on any atom is -0.412 e. The van der Waals surface area contributed by atoms with Gasteiger partial charge in [-0.1, -0.05) is 27.7 Å². The van der Waals surface area contributed by atoms with E-state index in [0.717, 1.165) is 16.7 Å². The van der Waals surface area contributed by atoms with Crippen LogP contribution in [0.3, 0.4) is 0 Å². The lowest BCUT2D eigenvalue weighted by molar-refractivity contribution is 0.119. The first kappa shape index (κ1) is 19.4. The third kappa shape index (κ3) is 4.75. The molecule has 0 fully saturated rings. The second-order valence-electron chi connectivity index (χ2n) is 4.26. The summed E-state index contributed by atoms with van der Waals surface area (Å²) in [6, 6.07) is 3.52. The number of halogens is 1. The average Bonchev–Trinajstić information content (AvgIpc) is 2.30. The van der Waals surface area contributed by atoms with Crippen molar-refractivity contribution < 1.29 is 14.6 Å². The van der Waals surface area contributed by atoms with E-state index < -0.39 is 0 Å². The Labute approximate surface area is 110 Å². The first-order valence-corrected chi connectivity index (χ1v) is 6.30. The molecule has 1 atom stereocenters. The number of benzene rings is 1. The van der Waals surface area contributed by atoms with E-state index in [4.69, 9.17) is 4.74 Å². The molecule has 2 nitrogen and oxygen atoms in total. The molecule has 0 saturated carbocycles. The fourth-order valence-electron chi connectivity index (χ4n) is 1.71. The van der Waals surface area contributed by atoms with E-state index in [1.165, 1.54) is 0 Å². The van der Waals surface area contributed by atoms with Crippen LogP contribution in [0.4, 0.5) is 4.39 Å². The first-order chi connectivity index (χ1) is 7.97. The molecule has 106 valence electrons. The molecule has 0 bridgehead atoms. The maximum Gasteiger partial charge on any atom is 0.126 e. The lowest BCUT2D eigenvalue weighted by Gasteiger charge is -2.16. The van der Waals surface area contributed by atoms with Crippen LogP contribution in [0.15, 0.2) is 12.1 Å². The third-order valence-corrected chi connectivity index (χ3v) is 2.80.